The number of nitrogens with zero attached hydrogens (tertiary/aromatic N) is 3. The van der Waals surface area contributed by atoms with Gasteiger partial charge in [0.2, 0.25) is 21.8 Å². The highest BCUT2D eigenvalue weighted by Crippen LogP contribution is 2.28. The maximum Gasteiger partial charge on any atom is 0.414 e. The summed E-state index contributed by atoms with van der Waals surface area (Å²) in [5.74, 6) is -0.554. The van der Waals surface area contributed by atoms with E-state index in [2.05, 4.69) is 5.32 Å². The van der Waals surface area contributed by atoms with Crippen molar-refractivity contribution in [2.24, 2.45) is 0 Å². The van der Waals surface area contributed by atoms with Crippen molar-refractivity contribution in [3.05, 3.63) is 54.6 Å². The number of anilines is 2. The van der Waals surface area contributed by atoms with Gasteiger partial charge >= 0.3 is 6.09 Å². The van der Waals surface area contributed by atoms with Gasteiger partial charge in [-0.25, -0.2) is 13.2 Å². The van der Waals surface area contributed by atoms with Gasteiger partial charge in [-0.2, -0.15) is 4.31 Å². The number of carbonyl (C=O) groups excluding carboxylic acids is 3. The van der Waals surface area contributed by atoms with Gasteiger partial charge in [0.1, 0.15) is 6.61 Å². The van der Waals surface area contributed by atoms with Crippen molar-refractivity contribution in [3.8, 4) is 0 Å². The molecular formula is C23H26N4O6S. The Labute approximate surface area is 198 Å². The average Bonchev–Trinajstić information content (AvgIpc) is 3.29. The monoisotopic (exact) mass is 486 g/mol. The maximum atomic E-state index is 12.7. The largest absolute Gasteiger partial charge is 0.447 e. The first-order valence-corrected chi connectivity index (χ1v) is 12.5. The highest BCUT2D eigenvalue weighted by molar-refractivity contribution is 7.89. The van der Waals surface area contributed by atoms with Crippen LogP contribution in [0.2, 0.25) is 0 Å². The van der Waals surface area contributed by atoms with Crippen LogP contribution in [-0.4, -0.2) is 74.9 Å². The fraction of sp³-hybridized carbons (Fsp3) is 0.348. The summed E-state index contributed by atoms with van der Waals surface area (Å²) < 4.78 is 31.8. The lowest BCUT2D eigenvalue weighted by molar-refractivity contribution is -0.133. The molecule has 1 N–H and O–H groups in total. The lowest BCUT2D eigenvalue weighted by atomic mass is 10.2. The van der Waals surface area contributed by atoms with Crippen LogP contribution in [0.3, 0.4) is 0 Å². The summed E-state index contributed by atoms with van der Waals surface area (Å²) in [4.78, 5) is 40.2. The van der Waals surface area contributed by atoms with Crippen molar-refractivity contribution in [3.63, 3.8) is 0 Å². The Kier molecular flexibility index (Phi) is 7.13. The van der Waals surface area contributed by atoms with Crippen LogP contribution in [0.15, 0.2) is 59.5 Å². The van der Waals surface area contributed by atoms with E-state index in [4.69, 9.17) is 4.74 Å². The number of hydrogen-bond acceptors (Lipinski definition) is 6. The van der Waals surface area contributed by atoms with Gasteiger partial charge in [0, 0.05) is 39.0 Å². The van der Waals surface area contributed by atoms with Crippen LogP contribution in [-0.2, 0) is 24.3 Å². The number of ether oxygens (including phenoxy) is 1. The first kappa shape index (κ1) is 23.7. The molecule has 2 aliphatic heterocycles. The molecule has 0 aliphatic carbocycles. The van der Waals surface area contributed by atoms with Crippen LogP contribution in [0.4, 0.5) is 16.2 Å². The van der Waals surface area contributed by atoms with E-state index >= 15 is 0 Å². The zero-order chi connectivity index (χ0) is 24.1. The second-order valence-electron chi connectivity index (χ2n) is 7.93. The molecule has 0 unspecified atom stereocenters. The number of hydrogen-bond donors (Lipinski definition) is 1. The molecule has 0 radical (unpaired) electrons. The third-order valence-corrected chi connectivity index (χ3v) is 7.68. The van der Waals surface area contributed by atoms with E-state index in [0.29, 0.717) is 17.9 Å². The minimum Gasteiger partial charge on any atom is -0.447 e. The molecule has 10 nitrogen and oxygen atoms in total. The molecule has 4 rings (SSSR count). The molecule has 11 heteroatoms. The van der Waals surface area contributed by atoms with Crippen molar-refractivity contribution in [1.82, 2.24) is 9.21 Å². The first-order chi connectivity index (χ1) is 16.4. The van der Waals surface area contributed by atoms with Crippen molar-refractivity contribution in [1.29, 1.82) is 0 Å². The molecule has 2 heterocycles. The predicted octanol–water partition coefficient (Wildman–Crippen LogP) is 1.89. The lowest BCUT2D eigenvalue weighted by Gasteiger charge is -2.34. The first-order valence-electron chi connectivity index (χ1n) is 11.0. The Balaban J connectivity index is 1.27. The summed E-state index contributed by atoms with van der Waals surface area (Å²) in [6.45, 7) is 1.63. The van der Waals surface area contributed by atoms with Crippen molar-refractivity contribution in [2.75, 3.05) is 49.5 Å². The Morgan fingerprint density at radius 3 is 2.24 bits per heavy atom. The molecule has 2 aliphatic rings. The van der Waals surface area contributed by atoms with Crippen LogP contribution in [0, 0.1) is 0 Å². The van der Waals surface area contributed by atoms with Gasteiger partial charge in [-0.05, 0) is 24.3 Å². The lowest BCUT2D eigenvalue weighted by Crippen LogP contribution is -2.50. The van der Waals surface area contributed by atoms with E-state index in [1.54, 1.807) is 59.5 Å². The zero-order valence-corrected chi connectivity index (χ0v) is 19.4. The molecule has 0 aromatic heterocycles. The van der Waals surface area contributed by atoms with Gasteiger partial charge in [0.25, 0.3) is 0 Å². The predicted molar refractivity (Wildman–Crippen MR) is 125 cm³/mol. The summed E-state index contributed by atoms with van der Waals surface area (Å²) in [6.07, 6.45) is -0.490. The van der Waals surface area contributed by atoms with Gasteiger partial charge in [0.15, 0.2) is 0 Å². The minimum absolute atomic E-state index is 0.00515. The SMILES string of the molecule is O=C(CCC(=O)N1CCN(S(=O)(=O)c2ccccc2)CC1)Nc1ccccc1N1CCOC1=O. The number of piperazine rings is 1. The van der Waals surface area contributed by atoms with Crippen LogP contribution in [0.25, 0.3) is 0 Å². The molecule has 0 bridgehead atoms. The topological polar surface area (TPSA) is 116 Å². The third kappa shape index (κ3) is 5.20. The third-order valence-electron chi connectivity index (χ3n) is 5.77. The van der Waals surface area contributed by atoms with Gasteiger partial charge in [-0.3, -0.25) is 14.5 Å². The Hall–Kier alpha value is -3.44. The fourth-order valence-corrected chi connectivity index (χ4v) is 5.38. The smallest absolute Gasteiger partial charge is 0.414 e. The number of nitrogens with one attached hydrogen (secondary N) is 1. The van der Waals surface area contributed by atoms with Crippen molar-refractivity contribution >= 4 is 39.3 Å². The highest BCUT2D eigenvalue weighted by Gasteiger charge is 2.30. The second-order valence-corrected chi connectivity index (χ2v) is 9.87. The molecule has 180 valence electrons. The molecule has 2 fully saturated rings. The van der Waals surface area contributed by atoms with Crippen LogP contribution < -0.4 is 10.2 Å². The Bertz CT molecular complexity index is 1160. The standard InChI is InChI=1S/C23H26N4O6S/c28-21(24-19-8-4-5-9-20(19)27-16-17-33-23(27)30)10-11-22(29)25-12-14-26(15-13-25)34(31,32)18-6-2-1-3-7-18/h1-9H,10-17H2,(H,24,28). The summed E-state index contributed by atoms with van der Waals surface area (Å²) in [7, 11) is -3.59. The van der Waals surface area contributed by atoms with E-state index < -0.39 is 16.1 Å². The Morgan fingerprint density at radius 2 is 1.56 bits per heavy atom. The Morgan fingerprint density at radius 1 is 0.882 bits per heavy atom. The number of sulfonamides is 1. The van der Waals surface area contributed by atoms with Gasteiger partial charge < -0.3 is 15.0 Å². The van der Waals surface area contributed by atoms with Crippen molar-refractivity contribution in [2.45, 2.75) is 17.7 Å². The van der Waals surface area contributed by atoms with Crippen LogP contribution >= 0.6 is 0 Å². The maximum absolute atomic E-state index is 12.7. The van der Waals surface area contributed by atoms with E-state index in [0.717, 1.165) is 0 Å². The quantitative estimate of drug-likeness (QED) is 0.639. The normalized spacial score (nSPS) is 16.9. The molecule has 3 amide bonds. The van der Waals surface area contributed by atoms with Gasteiger partial charge in [0.05, 0.1) is 22.8 Å². The molecule has 0 saturated carbocycles. The zero-order valence-electron chi connectivity index (χ0n) is 18.6. The van der Waals surface area contributed by atoms with Gasteiger partial charge in [-0.15, -0.1) is 0 Å². The number of benzene rings is 2. The number of amides is 3. The second kappa shape index (κ2) is 10.2. The number of cyclic esters (lactones) is 1. The van der Waals surface area contributed by atoms with Crippen LogP contribution in [0.1, 0.15) is 12.8 Å². The molecule has 34 heavy (non-hydrogen) atoms. The molecule has 2 saturated heterocycles. The number of para-hydroxylation sites is 2. The summed E-state index contributed by atoms with van der Waals surface area (Å²) in [5.41, 5.74) is 1.01. The van der Waals surface area contributed by atoms with E-state index in [1.807, 2.05) is 0 Å². The molecular weight excluding hydrogens is 460 g/mol. The summed E-state index contributed by atoms with van der Waals surface area (Å²) in [5, 5.41) is 2.76. The molecule has 2 aromatic carbocycles. The molecule has 0 spiro atoms. The van der Waals surface area contributed by atoms with E-state index in [1.165, 1.54) is 9.21 Å². The van der Waals surface area contributed by atoms with Gasteiger partial charge in [-0.1, -0.05) is 30.3 Å². The van der Waals surface area contributed by atoms with E-state index in [9.17, 15) is 22.8 Å². The number of rotatable bonds is 7. The highest BCUT2D eigenvalue weighted by atomic mass is 32.2. The van der Waals surface area contributed by atoms with Crippen LogP contribution in [0.5, 0.6) is 0 Å². The van der Waals surface area contributed by atoms with E-state index in [-0.39, 0.29) is 62.3 Å². The molecule has 2 aromatic rings. The number of carbonyl (C=O) groups is 3. The summed E-state index contributed by atoms with van der Waals surface area (Å²) >= 11 is 0. The summed E-state index contributed by atoms with van der Waals surface area (Å²) in [6, 6.07) is 15.1. The minimum atomic E-state index is -3.59. The molecule has 0 atom stereocenters. The fourth-order valence-electron chi connectivity index (χ4n) is 3.94. The van der Waals surface area contributed by atoms with Crippen molar-refractivity contribution < 1.29 is 27.5 Å². The average molecular weight is 487 g/mol.